The van der Waals surface area contributed by atoms with Gasteiger partial charge in [0.25, 0.3) is 0 Å². The Labute approximate surface area is 109 Å². The maximum atomic E-state index is 13.8. The van der Waals surface area contributed by atoms with Crippen LogP contribution in [-0.4, -0.2) is 0 Å². The fourth-order valence-corrected chi connectivity index (χ4v) is 3.62. The summed E-state index contributed by atoms with van der Waals surface area (Å²) in [6.45, 7) is 0. The van der Waals surface area contributed by atoms with Crippen molar-refractivity contribution in [1.82, 2.24) is 0 Å². The van der Waals surface area contributed by atoms with Gasteiger partial charge in [0.05, 0.1) is 10.3 Å². The van der Waals surface area contributed by atoms with Gasteiger partial charge in [0.15, 0.2) is 0 Å². The molecule has 1 unspecified atom stereocenters. The summed E-state index contributed by atoms with van der Waals surface area (Å²) in [7, 11) is 0. The fraction of sp³-hybridized carbons (Fsp3) is 0.143. The lowest BCUT2D eigenvalue weighted by atomic mass is 10.0. The van der Waals surface area contributed by atoms with Gasteiger partial charge in [-0.05, 0) is 29.7 Å². The van der Waals surface area contributed by atoms with E-state index in [4.69, 9.17) is 11.6 Å². The molecule has 1 atom stereocenters. The molecule has 1 heterocycles. The first-order valence-electron chi connectivity index (χ1n) is 5.44. The third-order valence-electron chi connectivity index (χ3n) is 2.92. The molecule has 86 valence electrons. The molecule has 3 rings (SSSR count). The minimum Gasteiger partial charge on any atom is -0.206 e. The van der Waals surface area contributed by atoms with Crippen LogP contribution in [-0.2, 0) is 6.42 Å². The number of rotatable bonds is 0. The Morgan fingerprint density at radius 2 is 1.94 bits per heavy atom. The molecule has 0 bridgehead atoms. The van der Waals surface area contributed by atoms with Crippen molar-refractivity contribution in [2.75, 3.05) is 0 Å². The van der Waals surface area contributed by atoms with Gasteiger partial charge in [-0.15, -0.1) is 11.6 Å². The minimum absolute atomic E-state index is 0.156. The molecular formula is C14H10ClFS. The molecule has 17 heavy (non-hydrogen) atoms. The second-order valence-electron chi connectivity index (χ2n) is 4.04. The molecule has 0 N–H and O–H groups in total. The molecule has 1 aliphatic rings. The number of benzene rings is 2. The Bertz CT molecular complexity index is 568. The van der Waals surface area contributed by atoms with Crippen LogP contribution in [0, 0.1) is 5.82 Å². The van der Waals surface area contributed by atoms with Crippen LogP contribution in [0.15, 0.2) is 52.3 Å². The van der Waals surface area contributed by atoms with Crippen molar-refractivity contribution in [3.63, 3.8) is 0 Å². The van der Waals surface area contributed by atoms with Crippen LogP contribution in [0.5, 0.6) is 0 Å². The predicted molar refractivity (Wildman–Crippen MR) is 69.3 cm³/mol. The standard InChI is InChI=1S/C14H10ClFS/c15-11-8-9-4-1-2-7-13(9)17-14-10(11)5-3-6-12(14)16/h1-7,11H,8H2. The summed E-state index contributed by atoms with van der Waals surface area (Å²) in [5.41, 5.74) is 2.08. The molecule has 3 heteroatoms. The Hall–Kier alpha value is -0.990. The van der Waals surface area contributed by atoms with Crippen molar-refractivity contribution in [1.29, 1.82) is 0 Å². The van der Waals surface area contributed by atoms with E-state index in [1.807, 2.05) is 24.3 Å². The molecule has 0 fully saturated rings. The third-order valence-corrected chi connectivity index (χ3v) is 4.56. The highest BCUT2D eigenvalue weighted by atomic mass is 35.5. The van der Waals surface area contributed by atoms with Crippen molar-refractivity contribution in [2.24, 2.45) is 0 Å². The molecule has 0 aliphatic carbocycles. The van der Waals surface area contributed by atoms with Gasteiger partial charge in [0, 0.05) is 4.90 Å². The molecule has 0 saturated carbocycles. The lowest BCUT2D eigenvalue weighted by Gasteiger charge is -2.09. The smallest absolute Gasteiger partial charge is 0.137 e. The van der Waals surface area contributed by atoms with Gasteiger partial charge in [0.1, 0.15) is 5.82 Å². The van der Waals surface area contributed by atoms with E-state index >= 15 is 0 Å². The van der Waals surface area contributed by atoms with Crippen molar-refractivity contribution in [3.05, 3.63) is 59.4 Å². The second-order valence-corrected chi connectivity index (χ2v) is 5.62. The summed E-state index contributed by atoms with van der Waals surface area (Å²) in [4.78, 5) is 1.76. The maximum Gasteiger partial charge on any atom is 0.137 e. The van der Waals surface area contributed by atoms with E-state index in [9.17, 15) is 4.39 Å². The van der Waals surface area contributed by atoms with Gasteiger partial charge < -0.3 is 0 Å². The molecule has 1 aliphatic heterocycles. The van der Waals surface area contributed by atoms with Crippen LogP contribution in [0.4, 0.5) is 4.39 Å². The summed E-state index contributed by atoms with van der Waals surface area (Å²) in [6.07, 6.45) is 0.751. The van der Waals surface area contributed by atoms with Crippen molar-refractivity contribution >= 4 is 23.4 Å². The van der Waals surface area contributed by atoms with E-state index in [2.05, 4.69) is 6.07 Å². The average Bonchev–Trinajstić information content (AvgIpc) is 2.47. The summed E-state index contributed by atoms with van der Waals surface area (Å²) < 4.78 is 13.8. The number of alkyl halides is 1. The van der Waals surface area contributed by atoms with Gasteiger partial charge in [-0.2, -0.15) is 0 Å². The van der Waals surface area contributed by atoms with E-state index in [1.54, 1.807) is 6.07 Å². The molecule has 0 amide bonds. The quantitative estimate of drug-likeness (QED) is 0.615. The van der Waals surface area contributed by atoms with Gasteiger partial charge in [-0.1, -0.05) is 42.1 Å². The zero-order valence-corrected chi connectivity index (χ0v) is 10.6. The molecule has 0 nitrogen and oxygen atoms in total. The molecule has 2 aromatic carbocycles. The van der Waals surface area contributed by atoms with Crippen molar-refractivity contribution in [3.8, 4) is 0 Å². The fourth-order valence-electron chi connectivity index (χ4n) is 2.06. The van der Waals surface area contributed by atoms with E-state index in [0.29, 0.717) is 4.90 Å². The highest BCUT2D eigenvalue weighted by Crippen LogP contribution is 2.43. The number of fused-ring (bicyclic) bond motifs is 2. The SMILES string of the molecule is Fc1cccc2c1Sc1ccccc1CC2Cl. The van der Waals surface area contributed by atoms with E-state index in [0.717, 1.165) is 16.9 Å². The number of hydrogen-bond acceptors (Lipinski definition) is 1. The van der Waals surface area contributed by atoms with Crippen LogP contribution in [0.25, 0.3) is 0 Å². The Balaban J connectivity index is 2.19. The molecular weight excluding hydrogens is 255 g/mol. The monoisotopic (exact) mass is 264 g/mol. The first kappa shape index (κ1) is 11.1. The Kier molecular flexibility index (Phi) is 2.85. The molecule has 2 aromatic rings. The van der Waals surface area contributed by atoms with Gasteiger partial charge in [-0.3, -0.25) is 0 Å². The summed E-state index contributed by atoms with van der Waals surface area (Å²) in [5, 5.41) is -0.156. The van der Waals surface area contributed by atoms with Crippen LogP contribution in [0.2, 0.25) is 0 Å². The van der Waals surface area contributed by atoms with Crippen LogP contribution >= 0.6 is 23.4 Å². The van der Waals surface area contributed by atoms with Crippen molar-refractivity contribution in [2.45, 2.75) is 21.6 Å². The van der Waals surface area contributed by atoms with E-state index in [-0.39, 0.29) is 11.2 Å². The zero-order chi connectivity index (χ0) is 11.8. The normalized spacial score (nSPS) is 18.1. The summed E-state index contributed by atoms with van der Waals surface area (Å²) >= 11 is 7.85. The number of hydrogen-bond donors (Lipinski definition) is 0. The Morgan fingerprint density at radius 1 is 1.12 bits per heavy atom. The number of halogens is 2. The van der Waals surface area contributed by atoms with Crippen molar-refractivity contribution < 1.29 is 4.39 Å². The van der Waals surface area contributed by atoms with Crippen LogP contribution in [0.1, 0.15) is 16.5 Å². The third kappa shape index (κ3) is 1.96. The topological polar surface area (TPSA) is 0 Å². The highest BCUT2D eigenvalue weighted by molar-refractivity contribution is 7.99. The predicted octanol–water partition coefficient (Wildman–Crippen LogP) is 4.81. The van der Waals surface area contributed by atoms with Gasteiger partial charge >= 0.3 is 0 Å². The second kappa shape index (κ2) is 4.35. The molecule has 0 saturated heterocycles. The Morgan fingerprint density at radius 3 is 2.82 bits per heavy atom. The average molecular weight is 265 g/mol. The van der Waals surface area contributed by atoms with Gasteiger partial charge in [0.2, 0.25) is 0 Å². The minimum atomic E-state index is -0.185. The first-order valence-corrected chi connectivity index (χ1v) is 6.69. The summed E-state index contributed by atoms with van der Waals surface area (Å²) in [5.74, 6) is -0.185. The van der Waals surface area contributed by atoms with Crippen LogP contribution in [0.3, 0.4) is 0 Å². The first-order chi connectivity index (χ1) is 8.25. The molecule has 0 spiro atoms. The lowest BCUT2D eigenvalue weighted by molar-refractivity contribution is 0.596. The van der Waals surface area contributed by atoms with E-state index < -0.39 is 0 Å². The lowest BCUT2D eigenvalue weighted by Crippen LogP contribution is -1.96. The van der Waals surface area contributed by atoms with Gasteiger partial charge in [-0.25, -0.2) is 4.39 Å². The highest BCUT2D eigenvalue weighted by Gasteiger charge is 2.22. The maximum absolute atomic E-state index is 13.8. The van der Waals surface area contributed by atoms with E-state index in [1.165, 1.54) is 23.4 Å². The largest absolute Gasteiger partial charge is 0.206 e. The molecule has 0 aromatic heterocycles. The zero-order valence-electron chi connectivity index (χ0n) is 8.99. The molecule has 0 radical (unpaired) electrons. The van der Waals surface area contributed by atoms with Crippen LogP contribution < -0.4 is 0 Å². The summed E-state index contributed by atoms with van der Waals surface area (Å²) in [6, 6.07) is 13.2.